The van der Waals surface area contributed by atoms with Crippen molar-refractivity contribution in [2.75, 3.05) is 38.7 Å². The molecule has 1 heterocycles. The Labute approximate surface area is 170 Å². The van der Waals surface area contributed by atoms with Gasteiger partial charge in [-0.25, -0.2) is 13.1 Å². The number of nitrogens with zero attached hydrogens (tertiary/aromatic N) is 1. The van der Waals surface area contributed by atoms with Crippen LogP contribution in [-0.4, -0.2) is 47.7 Å². The van der Waals surface area contributed by atoms with Crippen LogP contribution in [-0.2, 0) is 10.0 Å². The second-order valence-electron chi connectivity index (χ2n) is 5.51. The first-order valence-electron chi connectivity index (χ1n) is 8.89. The Hall–Kier alpha value is -2.30. The lowest BCUT2D eigenvalue weighted by Crippen LogP contribution is -2.32. The minimum atomic E-state index is -3.48. The van der Waals surface area contributed by atoms with Crippen LogP contribution in [0.3, 0.4) is 0 Å². The number of sulfonamides is 1. The van der Waals surface area contributed by atoms with E-state index in [0.29, 0.717) is 34.8 Å². The maximum absolute atomic E-state index is 12.1. The highest BCUT2D eigenvalue weighted by molar-refractivity contribution is 7.91. The van der Waals surface area contributed by atoms with E-state index >= 15 is 0 Å². The maximum Gasteiger partial charge on any atom is 0.250 e. The van der Waals surface area contributed by atoms with E-state index in [1.54, 1.807) is 24.6 Å². The zero-order valence-corrected chi connectivity index (χ0v) is 17.8. The van der Waals surface area contributed by atoms with E-state index in [1.165, 1.54) is 11.3 Å². The normalized spacial score (nSPS) is 11.9. The molecule has 0 unspecified atom stereocenters. The summed E-state index contributed by atoms with van der Waals surface area (Å²) in [6.45, 7) is 5.57. The van der Waals surface area contributed by atoms with Crippen molar-refractivity contribution in [1.29, 1.82) is 0 Å². The number of benzene rings is 1. The number of anilines is 1. The first-order chi connectivity index (χ1) is 13.5. The van der Waals surface area contributed by atoms with Gasteiger partial charge in [0.1, 0.15) is 4.21 Å². The Morgan fingerprint density at radius 2 is 2.04 bits per heavy atom. The smallest absolute Gasteiger partial charge is 0.250 e. The molecule has 0 aliphatic carbocycles. The molecule has 10 heteroatoms. The van der Waals surface area contributed by atoms with E-state index in [2.05, 4.69) is 20.3 Å². The van der Waals surface area contributed by atoms with Crippen LogP contribution in [0.2, 0.25) is 0 Å². The van der Waals surface area contributed by atoms with Crippen molar-refractivity contribution < 1.29 is 17.9 Å². The fraction of sp³-hybridized carbons (Fsp3) is 0.389. The zero-order valence-electron chi connectivity index (χ0n) is 16.2. The van der Waals surface area contributed by atoms with Crippen LogP contribution in [0.4, 0.5) is 5.69 Å². The van der Waals surface area contributed by atoms with Gasteiger partial charge >= 0.3 is 0 Å². The molecule has 2 aromatic rings. The lowest BCUT2D eigenvalue weighted by molar-refractivity contribution is 0.311. The molecule has 28 heavy (non-hydrogen) atoms. The monoisotopic (exact) mass is 426 g/mol. The molecule has 1 aromatic heterocycles. The molecule has 1 aromatic carbocycles. The van der Waals surface area contributed by atoms with Gasteiger partial charge in [0.05, 0.1) is 20.3 Å². The maximum atomic E-state index is 12.1. The molecule has 0 aliphatic heterocycles. The van der Waals surface area contributed by atoms with Crippen LogP contribution in [0.15, 0.2) is 44.9 Å². The summed E-state index contributed by atoms with van der Waals surface area (Å²) < 4.78 is 37.9. The number of hydrogen-bond acceptors (Lipinski definition) is 6. The van der Waals surface area contributed by atoms with Crippen LogP contribution < -0.4 is 24.8 Å². The van der Waals surface area contributed by atoms with E-state index in [9.17, 15) is 8.42 Å². The second kappa shape index (κ2) is 10.9. The minimum Gasteiger partial charge on any atom is -0.493 e. The fourth-order valence-electron chi connectivity index (χ4n) is 2.30. The largest absolute Gasteiger partial charge is 0.493 e. The highest BCUT2D eigenvalue weighted by Gasteiger charge is 2.13. The van der Waals surface area contributed by atoms with Gasteiger partial charge in [-0.15, -0.1) is 11.3 Å². The van der Waals surface area contributed by atoms with Gasteiger partial charge in [0.25, 0.3) is 0 Å². The number of guanidine groups is 1. The van der Waals surface area contributed by atoms with Crippen molar-refractivity contribution in [1.82, 2.24) is 10.0 Å². The molecule has 0 aliphatic rings. The Balaban J connectivity index is 1.98. The summed E-state index contributed by atoms with van der Waals surface area (Å²) in [6, 6.07) is 8.78. The third-order valence-corrected chi connectivity index (χ3v) is 6.36. The van der Waals surface area contributed by atoms with Gasteiger partial charge in [-0.3, -0.25) is 4.99 Å². The molecule has 3 N–H and O–H groups in total. The van der Waals surface area contributed by atoms with Crippen LogP contribution in [0.5, 0.6) is 11.5 Å². The molecule has 0 atom stereocenters. The third kappa shape index (κ3) is 6.39. The Bertz CT molecular complexity index is 868. The van der Waals surface area contributed by atoms with Crippen LogP contribution >= 0.6 is 11.3 Å². The summed E-state index contributed by atoms with van der Waals surface area (Å²) in [5, 5.41) is 8.03. The van der Waals surface area contributed by atoms with Gasteiger partial charge in [0.15, 0.2) is 17.5 Å². The lowest BCUT2D eigenvalue weighted by atomic mass is 10.2. The van der Waals surface area contributed by atoms with Gasteiger partial charge in [0.2, 0.25) is 10.0 Å². The second-order valence-corrected chi connectivity index (χ2v) is 8.46. The molecule has 8 nitrogen and oxygen atoms in total. The molecule has 0 amide bonds. The lowest BCUT2D eigenvalue weighted by Gasteiger charge is -2.14. The van der Waals surface area contributed by atoms with Crippen molar-refractivity contribution >= 4 is 33.0 Å². The predicted molar refractivity (Wildman–Crippen MR) is 113 cm³/mol. The SMILES string of the molecule is CCNC(=NCCNS(=O)(=O)c1cccs1)Nc1ccc(OCC)c(OC)c1. The molecule has 0 fully saturated rings. The highest BCUT2D eigenvalue weighted by Crippen LogP contribution is 2.30. The topological polar surface area (TPSA) is 101 Å². The quantitative estimate of drug-likeness (QED) is 0.307. The fourth-order valence-corrected chi connectivity index (χ4v) is 4.36. The Morgan fingerprint density at radius 1 is 1.21 bits per heavy atom. The van der Waals surface area contributed by atoms with Crippen molar-refractivity contribution in [3.63, 3.8) is 0 Å². The first kappa shape index (κ1) is 22.0. The summed E-state index contributed by atoms with van der Waals surface area (Å²) in [6.07, 6.45) is 0. The third-order valence-electron chi connectivity index (χ3n) is 3.50. The van der Waals surface area contributed by atoms with Gasteiger partial charge in [-0.2, -0.15) is 0 Å². The van der Waals surface area contributed by atoms with Crippen molar-refractivity contribution in [3.05, 3.63) is 35.7 Å². The molecule has 2 rings (SSSR count). The summed E-state index contributed by atoms with van der Waals surface area (Å²) in [5.41, 5.74) is 0.777. The van der Waals surface area contributed by atoms with E-state index in [0.717, 1.165) is 5.69 Å². The summed E-state index contributed by atoms with van der Waals surface area (Å²) >= 11 is 1.18. The summed E-state index contributed by atoms with van der Waals surface area (Å²) in [7, 11) is -1.89. The Kier molecular flexibility index (Phi) is 8.55. The van der Waals surface area contributed by atoms with Crippen LogP contribution in [0.1, 0.15) is 13.8 Å². The van der Waals surface area contributed by atoms with Gasteiger partial charge in [0, 0.05) is 24.8 Å². The molecular weight excluding hydrogens is 400 g/mol. The first-order valence-corrected chi connectivity index (χ1v) is 11.3. The van der Waals surface area contributed by atoms with Gasteiger partial charge < -0.3 is 20.1 Å². The average Bonchev–Trinajstić information content (AvgIpc) is 3.22. The summed E-state index contributed by atoms with van der Waals surface area (Å²) in [4.78, 5) is 4.41. The Morgan fingerprint density at radius 3 is 2.68 bits per heavy atom. The molecule has 0 bridgehead atoms. The molecular formula is C18H26N4O4S2. The van der Waals surface area contributed by atoms with Crippen LogP contribution in [0.25, 0.3) is 0 Å². The number of aliphatic imine (C=N–C) groups is 1. The standard InChI is InChI=1S/C18H26N4O4S2/c1-4-19-18(20-10-11-21-28(23,24)17-7-6-12-27-17)22-14-8-9-15(26-5-2)16(13-14)25-3/h6-9,12-13,21H,4-5,10-11H2,1-3H3,(H2,19,20,22). The van der Waals surface area contributed by atoms with Gasteiger partial charge in [-0.05, 0) is 37.4 Å². The number of rotatable bonds is 10. The molecule has 0 spiro atoms. The molecule has 0 saturated heterocycles. The van der Waals surface area contributed by atoms with Crippen molar-refractivity contribution in [3.8, 4) is 11.5 Å². The number of thiophene rings is 1. The van der Waals surface area contributed by atoms with E-state index < -0.39 is 10.0 Å². The average molecular weight is 427 g/mol. The van der Waals surface area contributed by atoms with Crippen molar-refractivity contribution in [2.45, 2.75) is 18.1 Å². The minimum absolute atomic E-state index is 0.198. The van der Waals surface area contributed by atoms with E-state index in [1.807, 2.05) is 32.0 Å². The molecule has 154 valence electrons. The predicted octanol–water partition coefficient (Wildman–Crippen LogP) is 2.51. The molecule has 0 saturated carbocycles. The van der Waals surface area contributed by atoms with E-state index in [4.69, 9.17) is 9.47 Å². The number of hydrogen-bond donors (Lipinski definition) is 3. The number of ether oxygens (including phenoxy) is 2. The molecule has 0 radical (unpaired) electrons. The zero-order chi connectivity index (χ0) is 20.4. The number of methoxy groups -OCH3 is 1. The van der Waals surface area contributed by atoms with E-state index in [-0.39, 0.29) is 13.1 Å². The summed E-state index contributed by atoms with van der Waals surface area (Å²) in [5.74, 6) is 1.83. The van der Waals surface area contributed by atoms with Gasteiger partial charge in [-0.1, -0.05) is 6.07 Å². The highest BCUT2D eigenvalue weighted by atomic mass is 32.2. The van der Waals surface area contributed by atoms with Crippen LogP contribution in [0, 0.1) is 0 Å². The van der Waals surface area contributed by atoms with Crippen molar-refractivity contribution in [2.24, 2.45) is 4.99 Å². The number of nitrogens with one attached hydrogen (secondary N) is 3.